The predicted octanol–water partition coefficient (Wildman–Crippen LogP) is 2.73. The Bertz CT molecular complexity index is 661. The lowest BCUT2D eigenvalue weighted by Crippen LogP contribution is -2.40. The van der Waals surface area contributed by atoms with Crippen molar-refractivity contribution >= 4 is 18.3 Å². The number of aryl methyl sites for hydroxylation is 1. The van der Waals surface area contributed by atoms with E-state index in [4.69, 9.17) is 15.0 Å². The molecule has 2 aromatic rings. The number of unbranched alkanes of at least 4 members (excludes halogenated alkanes) is 1. The molecule has 0 spiro atoms. The van der Waals surface area contributed by atoms with Gasteiger partial charge in [0.2, 0.25) is 17.6 Å². The van der Waals surface area contributed by atoms with Gasteiger partial charge in [-0.3, -0.25) is 4.79 Å². The van der Waals surface area contributed by atoms with Gasteiger partial charge in [-0.05, 0) is 30.7 Å². The second-order valence-corrected chi connectivity index (χ2v) is 5.88. The molecule has 0 bridgehead atoms. The number of aromatic nitrogens is 2. The van der Waals surface area contributed by atoms with Gasteiger partial charge in [0, 0.05) is 31.0 Å². The Morgan fingerprint density at radius 1 is 1.35 bits per heavy atom. The molecule has 1 atom stereocenters. The molecule has 1 aromatic carbocycles. The number of halogens is 1. The van der Waals surface area contributed by atoms with Gasteiger partial charge in [-0.2, -0.15) is 4.98 Å². The van der Waals surface area contributed by atoms with Crippen LogP contribution in [0.15, 0.2) is 28.8 Å². The number of rotatable bonds is 10. The van der Waals surface area contributed by atoms with Crippen LogP contribution < -0.4 is 15.8 Å². The molecule has 26 heavy (non-hydrogen) atoms. The lowest BCUT2D eigenvalue weighted by Gasteiger charge is -2.15. The third-order valence-corrected chi connectivity index (χ3v) is 3.94. The SMILES string of the molecule is CCCCC(CN)NC(=O)CCc1nc(-c2ccc(OC)cc2)no1.Cl. The van der Waals surface area contributed by atoms with Crippen molar-refractivity contribution in [3.63, 3.8) is 0 Å². The zero-order chi connectivity index (χ0) is 18.1. The van der Waals surface area contributed by atoms with Crippen molar-refractivity contribution in [3.05, 3.63) is 30.2 Å². The number of amides is 1. The van der Waals surface area contributed by atoms with E-state index >= 15 is 0 Å². The molecule has 1 unspecified atom stereocenters. The van der Waals surface area contributed by atoms with Crippen molar-refractivity contribution < 1.29 is 14.1 Å². The highest BCUT2D eigenvalue weighted by Crippen LogP contribution is 2.20. The summed E-state index contributed by atoms with van der Waals surface area (Å²) >= 11 is 0. The van der Waals surface area contributed by atoms with E-state index in [2.05, 4.69) is 22.4 Å². The number of carbonyl (C=O) groups is 1. The maximum atomic E-state index is 12.0. The average Bonchev–Trinajstić information content (AvgIpc) is 3.12. The van der Waals surface area contributed by atoms with Crippen molar-refractivity contribution in [1.82, 2.24) is 15.5 Å². The highest BCUT2D eigenvalue weighted by molar-refractivity contribution is 5.85. The summed E-state index contributed by atoms with van der Waals surface area (Å²) in [6, 6.07) is 7.42. The van der Waals surface area contributed by atoms with Gasteiger partial charge in [0.25, 0.3) is 0 Å². The summed E-state index contributed by atoms with van der Waals surface area (Å²) in [5.74, 6) is 1.66. The number of benzene rings is 1. The van der Waals surface area contributed by atoms with Gasteiger partial charge in [0.05, 0.1) is 7.11 Å². The topological polar surface area (TPSA) is 103 Å². The highest BCUT2D eigenvalue weighted by Gasteiger charge is 2.13. The Hall–Kier alpha value is -2.12. The highest BCUT2D eigenvalue weighted by atomic mass is 35.5. The van der Waals surface area contributed by atoms with Crippen molar-refractivity contribution in [2.45, 2.75) is 45.1 Å². The number of hydrogen-bond donors (Lipinski definition) is 2. The minimum Gasteiger partial charge on any atom is -0.497 e. The lowest BCUT2D eigenvalue weighted by molar-refractivity contribution is -0.121. The molecule has 2 rings (SSSR count). The van der Waals surface area contributed by atoms with Gasteiger partial charge in [-0.15, -0.1) is 12.4 Å². The summed E-state index contributed by atoms with van der Waals surface area (Å²) in [5.41, 5.74) is 6.53. The Balaban J connectivity index is 0.00000338. The number of nitrogens with two attached hydrogens (primary N) is 1. The summed E-state index contributed by atoms with van der Waals surface area (Å²) < 4.78 is 10.3. The van der Waals surface area contributed by atoms with Gasteiger partial charge in [-0.1, -0.05) is 24.9 Å². The van der Waals surface area contributed by atoms with Crippen LogP contribution in [0.3, 0.4) is 0 Å². The first-order chi connectivity index (χ1) is 12.2. The molecule has 0 fully saturated rings. The monoisotopic (exact) mass is 382 g/mol. The van der Waals surface area contributed by atoms with Crippen LogP contribution in [-0.2, 0) is 11.2 Å². The van der Waals surface area contributed by atoms with Gasteiger partial charge >= 0.3 is 0 Å². The second kappa shape index (κ2) is 11.5. The average molecular weight is 383 g/mol. The quantitative estimate of drug-likeness (QED) is 0.654. The summed E-state index contributed by atoms with van der Waals surface area (Å²) in [6.07, 6.45) is 3.74. The fraction of sp³-hybridized carbons (Fsp3) is 0.500. The van der Waals surface area contributed by atoms with Gasteiger partial charge in [0.1, 0.15) is 5.75 Å². The molecule has 0 saturated heterocycles. The van der Waals surface area contributed by atoms with Crippen LogP contribution in [0.4, 0.5) is 0 Å². The van der Waals surface area contributed by atoms with Crippen molar-refractivity contribution in [3.8, 4) is 17.1 Å². The summed E-state index contributed by atoms with van der Waals surface area (Å²) in [5, 5.41) is 6.91. The van der Waals surface area contributed by atoms with Crippen molar-refractivity contribution in [2.75, 3.05) is 13.7 Å². The Kier molecular flexibility index (Phi) is 9.69. The molecule has 7 nitrogen and oxygen atoms in total. The first-order valence-electron chi connectivity index (χ1n) is 8.62. The molecule has 144 valence electrons. The maximum Gasteiger partial charge on any atom is 0.227 e. The molecule has 1 heterocycles. The molecule has 0 aliphatic rings. The molecule has 8 heteroatoms. The van der Waals surface area contributed by atoms with Crippen LogP contribution in [0.5, 0.6) is 5.75 Å². The normalized spacial score (nSPS) is 11.5. The van der Waals surface area contributed by atoms with Crippen LogP contribution in [0.1, 0.15) is 38.5 Å². The first kappa shape index (κ1) is 21.9. The number of hydrogen-bond acceptors (Lipinski definition) is 6. The minimum absolute atomic E-state index is 0. The zero-order valence-electron chi connectivity index (χ0n) is 15.2. The molecule has 1 amide bonds. The smallest absolute Gasteiger partial charge is 0.227 e. The summed E-state index contributed by atoms with van der Waals surface area (Å²) in [7, 11) is 1.62. The van der Waals surface area contributed by atoms with E-state index in [-0.39, 0.29) is 24.4 Å². The number of nitrogens with one attached hydrogen (secondary N) is 1. The molecular weight excluding hydrogens is 356 g/mol. The molecule has 0 aliphatic heterocycles. The lowest BCUT2D eigenvalue weighted by atomic mass is 10.1. The van der Waals surface area contributed by atoms with E-state index in [1.165, 1.54) is 0 Å². The number of ether oxygens (including phenoxy) is 1. The molecule has 3 N–H and O–H groups in total. The molecule has 0 saturated carbocycles. The molecule has 0 aliphatic carbocycles. The Labute approximate surface area is 160 Å². The Morgan fingerprint density at radius 3 is 2.69 bits per heavy atom. The molecular formula is C18H27ClN4O3. The number of methoxy groups -OCH3 is 1. The first-order valence-corrected chi connectivity index (χ1v) is 8.62. The zero-order valence-corrected chi connectivity index (χ0v) is 16.1. The van der Waals surface area contributed by atoms with E-state index < -0.39 is 0 Å². The molecule has 0 radical (unpaired) electrons. The fourth-order valence-corrected chi connectivity index (χ4v) is 2.43. The fourth-order valence-electron chi connectivity index (χ4n) is 2.43. The standard InChI is InChI=1S/C18H26N4O3.ClH/c1-3-4-5-14(12-19)20-16(23)10-11-17-21-18(22-25-17)13-6-8-15(24-2)9-7-13;/h6-9,14H,3-5,10-12,19H2,1-2H3,(H,20,23);1H. The van der Waals surface area contributed by atoms with Crippen LogP contribution in [-0.4, -0.2) is 35.7 Å². The second-order valence-electron chi connectivity index (χ2n) is 5.88. The van der Waals surface area contributed by atoms with E-state index in [1.54, 1.807) is 7.11 Å². The van der Waals surface area contributed by atoms with Crippen LogP contribution >= 0.6 is 12.4 Å². The third-order valence-electron chi connectivity index (χ3n) is 3.94. The number of nitrogens with zero attached hydrogens (tertiary/aromatic N) is 2. The van der Waals surface area contributed by atoms with E-state index in [0.717, 1.165) is 30.6 Å². The predicted molar refractivity (Wildman–Crippen MR) is 102 cm³/mol. The Morgan fingerprint density at radius 2 is 2.08 bits per heavy atom. The maximum absolute atomic E-state index is 12.0. The third kappa shape index (κ3) is 6.65. The van der Waals surface area contributed by atoms with Gasteiger partial charge in [0.15, 0.2) is 0 Å². The van der Waals surface area contributed by atoms with E-state index in [1.807, 2.05) is 24.3 Å². The van der Waals surface area contributed by atoms with Crippen LogP contribution in [0, 0.1) is 0 Å². The summed E-state index contributed by atoms with van der Waals surface area (Å²) in [6.45, 7) is 2.57. The van der Waals surface area contributed by atoms with Gasteiger partial charge in [-0.25, -0.2) is 0 Å². The minimum atomic E-state index is -0.0456. The molecule has 1 aromatic heterocycles. The summed E-state index contributed by atoms with van der Waals surface area (Å²) in [4.78, 5) is 16.4. The van der Waals surface area contributed by atoms with Crippen LogP contribution in [0.25, 0.3) is 11.4 Å². The van der Waals surface area contributed by atoms with E-state index in [0.29, 0.717) is 31.1 Å². The van der Waals surface area contributed by atoms with Crippen LogP contribution in [0.2, 0.25) is 0 Å². The van der Waals surface area contributed by atoms with E-state index in [9.17, 15) is 4.79 Å². The van der Waals surface area contributed by atoms with Gasteiger partial charge < -0.3 is 20.3 Å². The number of carbonyl (C=O) groups excluding carboxylic acids is 1. The van der Waals surface area contributed by atoms with Crippen molar-refractivity contribution in [1.29, 1.82) is 0 Å². The largest absolute Gasteiger partial charge is 0.497 e. The van der Waals surface area contributed by atoms with Crippen molar-refractivity contribution in [2.24, 2.45) is 5.73 Å².